The van der Waals surface area contributed by atoms with Crippen LogP contribution in [0.3, 0.4) is 0 Å². The molecule has 0 unspecified atom stereocenters. The summed E-state index contributed by atoms with van der Waals surface area (Å²) in [4.78, 5) is 10.9. The van der Waals surface area contributed by atoms with Crippen LogP contribution in [0.2, 0.25) is 0 Å². The van der Waals surface area contributed by atoms with Crippen LogP contribution in [0.4, 0.5) is 0 Å². The molecule has 0 spiro atoms. The Hall–Kier alpha value is -0.720. The van der Waals surface area contributed by atoms with Crippen LogP contribution < -0.4 is 4.74 Å². The zero-order valence-corrected chi connectivity index (χ0v) is 13.1. The highest BCUT2D eigenvalue weighted by molar-refractivity contribution is 9.10. The summed E-state index contributed by atoms with van der Waals surface area (Å²) in [6.07, 6.45) is 8.13. The summed E-state index contributed by atoms with van der Waals surface area (Å²) in [7, 11) is 0. The third-order valence-electron chi connectivity index (χ3n) is 4.05. The van der Waals surface area contributed by atoms with Gasteiger partial charge in [-0.3, -0.25) is 4.90 Å². The molecule has 110 valence electrons. The van der Waals surface area contributed by atoms with Crippen molar-refractivity contribution in [1.29, 1.82) is 0 Å². The van der Waals surface area contributed by atoms with Crippen LogP contribution in [0, 0.1) is 0 Å². The summed E-state index contributed by atoms with van der Waals surface area (Å²) >= 11 is 3.33. The number of rotatable bonds is 3. The minimum Gasteiger partial charge on any atom is -0.460 e. The zero-order chi connectivity index (χ0) is 13.8. The van der Waals surface area contributed by atoms with Crippen molar-refractivity contribution in [3.05, 3.63) is 16.9 Å². The molecule has 0 saturated carbocycles. The highest BCUT2D eigenvalue weighted by Gasteiger charge is 2.27. The fraction of sp³-hybridized carbons (Fsp3) is 0.714. The van der Waals surface area contributed by atoms with E-state index >= 15 is 0 Å². The van der Waals surface area contributed by atoms with E-state index in [9.17, 15) is 0 Å². The summed E-state index contributed by atoms with van der Waals surface area (Å²) < 4.78 is 12.2. The first kappa shape index (κ1) is 14.2. The monoisotopic (exact) mass is 341 g/mol. The lowest BCUT2D eigenvalue weighted by Crippen LogP contribution is -2.46. The van der Waals surface area contributed by atoms with E-state index in [2.05, 4.69) is 30.8 Å². The first-order valence-corrected chi connectivity index (χ1v) is 8.06. The van der Waals surface area contributed by atoms with E-state index in [1.54, 1.807) is 12.4 Å². The van der Waals surface area contributed by atoms with Crippen molar-refractivity contribution >= 4 is 15.9 Å². The topological polar surface area (TPSA) is 47.5 Å². The van der Waals surface area contributed by atoms with Crippen molar-refractivity contribution in [3.63, 3.8) is 0 Å². The Morgan fingerprint density at radius 1 is 1.10 bits per heavy atom. The molecule has 0 radical (unpaired) electrons. The molecule has 0 N–H and O–H groups in total. The van der Waals surface area contributed by atoms with Gasteiger partial charge in [0.05, 0.1) is 4.47 Å². The maximum Gasteiger partial charge on any atom is 0.316 e. The minimum atomic E-state index is 0.243. The van der Waals surface area contributed by atoms with Crippen molar-refractivity contribution in [2.45, 2.75) is 37.8 Å². The lowest BCUT2D eigenvalue weighted by atomic mass is 10.0. The second-order valence-corrected chi connectivity index (χ2v) is 6.30. The van der Waals surface area contributed by atoms with E-state index in [4.69, 9.17) is 9.47 Å². The Morgan fingerprint density at radius 2 is 1.75 bits per heavy atom. The largest absolute Gasteiger partial charge is 0.460 e. The molecule has 3 rings (SSSR count). The van der Waals surface area contributed by atoms with E-state index in [1.165, 1.54) is 12.8 Å². The highest BCUT2D eigenvalue weighted by Crippen LogP contribution is 2.22. The van der Waals surface area contributed by atoms with Gasteiger partial charge < -0.3 is 9.47 Å². The molecule has 2 aliphatic heterocycles. The lowest BCUT2D eigenvalue weighted by Gasteiger charge is -2.38. The van der Waals surface area contributed by atoms with Crippen molar-refractivity contribution in [1.82, 2.24) is 14.9 Å². The highest BCUT2D eigenvalue weighted by atomic mass is 79.9. The molecule has 0 aliphatic carbocycles. The Balaban J connectivity index is 1.47. The molecule has 5 nitrogen and oxygen atoms in total. The molecule has 6 heteroatoms. The fourth-order valence-electron chi connectivity index (χ4n) is 2.92. The van der Waals surface area contributed by atoms with Gasteiger partial charge in [-0.2, -0.15) is 0 Å². The molecule has 1 aromatic rings. The van der Waals surface area contributed by atoms with E-state index < -0.39 is 0 Å². The molecule has 0 atom stereocenters. The van der Waals surface area contributed by atoms with Crippen LogP contribution in [-0.4, -0.2) is 53.3 Å². The van der Waals surface area contributed by atoms with Gasteiger partial charge in [0.2, 0.25) is 0 Å². The summed E-state index contributed by atoms with van der Waals surface area (Å²) in [6, 6.07) is 1.19. The van der Waals surface area contributed by atoms with Crippen LogP contribution in [0.25, 0.3) is 0 Å². The molecule has 2 fully saturated rings. The predicted molar refractivity (Wildman–Crippen MR) is 78.8 cm³/mol. The van der Waals surface area contributed by atoms with Crippen LogP contribution in [0.15, 0.2) is 16.9 Å². The van der Waals surface area contributed by atoms with Gasteiger partial charge in [0.25, 0.3) is 0 Å². The van der Waals surface area contributed by atoms with Crippen LogP contribution in [-0.2, 0) is 4.74 Å². The number of piperidine rings is 1. The molecule has 2 saturated heterocycles. The first-order chi connectivity index (χ1) is 9.81. The van der Waals surface area contributed by atoms with Crippen molar-refractivity contribution in [2.24, 2.45) is 0 Å². The van der Waals surface area contributed by atoms with E-state index in [1.807, 2.05) is 0 Å². The van der Waals surface area contributed by atoms with Crippen molar-refractivity contribution in [2.75, 3.05) is 26.3 Å². The Kier molecular flexibility index (Phi) is 4.86. The van der Waals surface area contributed by atoms with Gasteiger partial charge in [-0.1, -0.05) is 0 Å². The lowest BCUT2D eigenvalue weighted by molar-refractivity contribution is 0.00871. The molecule has 20 heavy (non-hydrogen) atoms. The zero-order valence-electron chi connectivity index (χ0n) is 11.5. The summed E-state index contributed by atoms with van der Waals surface area (Å²) in [5.41, 5.74) is 0. The molecular weight excluding hydrogens is 322 g/mol. The predicted octanol–water partition coefficient (Wildman–Crippen LogP) is 2.26. The molecule has 2 aliphatic rings. The summed E-state index contributed by atoms with van der Waals surface area (Å²) in [5.74, 6) is 0. The maximum absolute atomic E-state index is 5.85. The second kappa shape index (κ2) is 6.83. The first-order valence-electron chi connectivity index (χ1n) is 7.27. The van der Waals surface area contributed by atoms with Crippen LogP contribution >= 0.6 is 15.9 Å². The normalized spacial score (nSPS) is 22.9. The molecule has 0 amide bonds. The number of ether oxygens (including phenoxy) is 2. The Labute approximate surface area is 127 Å². The Bertz CT molecular complexity index is 415. The SMILES string of the molecule is Brc1cnc(OC2CCN(C3CCOCC3)CC2)nc1. The molecule has 1 aromatic heterocycles. The maximum atomic E-state index is 5.85. The quantitative estimate of drug-likeness (QED) is 0.843. The number of hydrogen-bond acceptors (Lipinski definition) is 5. The van der Waals surface area contributed by atoms with Crippen molar-refractivity contribution in [3.8, 4) is 6.01 Å². The number of nitrogens with zero attached hydrogens (tertiary/aromatic N) is 3. The van der Waals surface area contributed by atoms with Gasteiger partial charge in [-0.25, -0.2) is 9.97 Å². The number of aromatic nitrogens is 2. The van der Waals surface area contributed by atoms with E-state index in [0.29, 0.717) is 12.1 Å². The van der Waals surface area contributed by atoms with Gasteiger partial charge in [-0.15, -0.1) is 0 Å². The van der Waals surface area contributed by atoms with Gasteiger partial charge >= 0.3 is 6.01 Å². The smallest absolute Gasteiger partial charge is 0.316 e. The Morgan fingerprint density at radius 3 is 2.40 bits per heavy atom. The van der Waals surface area contributed by atoms with Crippen LogP contribution in [0.1, 0.15) is 25.7 Å². The standard InChI is InChI=1S/C14H20BrN3O2/c15-11-9-16-14(17-10-11)20-13-1-5-18(6-2-13)12-3-7-19-8-4-12/h9-10,12-13H,1-8H2. The fourth-order valence-corrected chi connectivity index (χ4v) is 3.12. The van der Waals surface area contributed by atoms with Gasteiger partial charge in [-0.05, 0) is 41.6 Å². The average Bonchev–Trinajstić information content (AvgIpc) is 2.51. The molecule has 3 heterocycles. The van der Waals surface area contributed by atoms with E-state index in [-0.39, 0.29) is 6.10 Å². The average molecular weight is 342 g/mol. The number of hydrogen-bond donors (Lipinski definition) is 0. The van der Waals surface area contributed by atoms with Gasteiger partial charge in [0, 0.05) is 44.7 Å². The van der Waals surface area contributed by atoms with Gasteiger partial charge in [0.15, 0.2) is 0 Å². The van der Waals surface area contributed by atoms with Crippen molar-refractivity contribution < 1.29 is 9.47 Å². The third-order valence-corrected chi connectivity index (χ3v) is 4.46. The molecule has 0 bridgehead atoms. The third kappa shape index (κ3) is 3.68. The minimum absolute atomic E-state index is 0.243. The molecular formula is C14H20BrN3O2. The number of likely N-dealkylation sites (tertiary alicyclic amines) is 1. The molecule has 0 aromatic carbocycles. The summed E-state index contributed by atoms with van der Waals surface area (Å²) in [6.45, 7) is 4.03. The number of halogens is 1. The van der Waals surface area contributed by atoms with Crippen LogP contribution in [0.5, 0.6) is 6.01 Å². The van der Waals surface area contributed by atoms with E-state index in [0.717, 1.165) is 43.6 Å². The summed E-state index contributed by atoms with van der Waals surface area (Å²) in [5, 5.41) is 0. The van der Waals surface area contributed by atoms with Gasteiger partial charge in [0.1, 0.15) is 6.10 Å². The second-order valence-electron chi connectivity index (χ2n) is 5.38.